The summed E-state index contributed by atoms with van der Waals surface area (Å²) in [4.78, 5) is 0. The van der Waals surface area contributed by atoms with E-state index in [1.807, 2.05) is 31.2 Å². The summed E-state index contributed by atoms with van der Waals surface area (Å²) in [5.74, 6) is 1.64. The van der Waals surface area contributed by atoms with Gasteiger partial charge in [0, 0.05) is 6.54 Å². The molecule has 4 heteroatoms. The summed E-state index contributed by atoms with van der Waals surface area (Å²) in [5, 5.41) is 10.4. The molecule has 0 bridgehead atoms. The van der Waals surface area contributed by atoms with Crippen molar-refractivity contribution in [3.63, 3.8) is 0 Å². The maximum atomic E-state index is 10.4. The van der Waals surface area contributed by atoms with Gasteiger partial charge in [0.2, 0.25) is 0 Å². The molecule has 0 radical (unpaired) electrons. The molecule has 4 nitrogen and oxygen atoms in total. The van der Waals surface area contributed by atoms with Gasteiger partial charge in [-0.1, -0.05) is 12.1 Å². The van der Waals surface area contributed by atoms with E-state index in [9.17, 15) is 5.11 Å². The lowest BCUT2D eigenvalue weighted by molar-refractivity contribution is -0.0169. The molecule has 3 N–H and O–H groups in total. The number of hydrogen-bond donors (Lipinski definition) is 2. The van der Waals surface area contributed by atoms with Crippen molar-refractivity contribution < 1.29 is 14.6 Å². The summed E-state index contributed by atoms with van der Waals surface area (Å²) in [6, 6.07) is 7.48. The van der Waals surface area contributed by atoms with Crippen LogP contribution in [0.2, 0.25) is 0 Å². The van der Waals surface area contributed by atoms with Gasteiger partial charge in [-0.2, -0.15) is 0 Å². The van der Waals surface area contributed by atoms with Crippen LogP contribution in [0.25, 0.3) is 0 Å². The van der Waals surface area contributed by atoms with Gasteiger partial charge in [0.1, 0.15) is 12.2 Å². The van der Waals surface area contributed by atoms with E-state index in [1.54, 1.807) is 0 Å². The van der Waals surface area contributed by atoms with Crippen molar-refractivity contribution in [3.8, 4) is 11.5 Å². The third-order valence-corrected chi connectivity index (χ3v) is 3.32. The Morgan fingerprint density at radius 2 is 1.89 bits per heavy atom. The first-order valence-corrected chi connectivity index (χ1v) is 6.46. The lowest BCUT2D eigenvalue weighted by Gasteiger charge is -2.26. The maximum absolute atomic E-state index is 10.4. The van der Waals surface area contributed by atoms with Crippen LogP contribution in [-0.4, -0.2) is 30.5 Å². The van der Waals surface area contributed by atoms with Gasteiger partial charge in [0.05, 0.1) is 6.61 Å². The standard InChI is InChI=1S/C14H21NO3/c1-2-17-12-5-3-4-6-13(12)18-10-14(16,9-15)11-7-8-11/h3-6,11,16H,2,7-10,15H2,1H3. The van der Waals surface area contributed by atoms with Crippen molar-refractivity contribution in [2.75, 3.05) is 19.8 Å². The van der Waals surface area contributed by atoms with Gasteiger partial charge >= 0.3 is 0 Å². The molecule has 0 aliphatic heterocycles. The molecule has 0 spiro atoms. The highest BCUT2D eigenvalue weighted by atomic mass is 16.5. The average molecular weight is 251 g/mol. The average Bonchev–Trinajstić information content (AvgIpc) is 3.22. The minimum absolute atomic E-state index is 0.220. The van der Waals surface area contributed by atoms with E-state index in [2.05, 4.69) is 0 Å². The highest BCUT2D eigenvalue weighted by molar-refractivity contribution is 5.39. The Labute approximate surface area is 108 Å². The molecule has 1 fully saturated rings. The minimum atomic E-state index is -0.903. The largest absolute Gasteiger partial charge is 0.490 e. The first-order chi connectivity index (χ1) is 8.69. The lowest BCUT2D eigenvalue weighted by atomic mass is 9.99. The topological polar surface area (TPSA) is 64.7 Å². The fourth-order valence-electron chi connectivity index (χ4n) is 2.01. The van der Waals surface area contributed by atoms with Crippen LogP contribution >= 0.6 is 0 Å². The fourth-order valence-corrected chi connectivity index (χ4v) is 2.01. The van der Waals surface area contributed by atoms with Crippen LogP contribution in [-0.2, 0) is 0 Å². The first kappa shape index (κ1) is 13.2. The van der Waals surface area contributed by atoms with E-state index in [4.69, 9.17) is 15.2 Å². The summed E-state index contributed by atoms with van der Waals surface area (Å²) in [6.07, 6.45) is 2.06. The molecule has 0 heterocycles. The van der Waals surface area contributed by atoms with Gasteiger partial charge in [0.25, 0.3) is 0 Å². The summed E-state index contributed by atoms with van der Waals surface area (Å²) >= 11 is 0. The zero-order valence-corrected chi connectivity index (χ0v) is 10.8. The number of ether oxygens (including phenoxy) is 2. The summed E-state index contributed by atoms with van der Waals surface area (Å²) < 4.78 is 11.2. The summed E-state index contributed by atoms with van der Waals surface area (Å²) in [7, 11) is 0. The fraction of sp³-hybridized carbons (Fsp3) is 0.571. The zero-order valence-electron chi connectivity index (χ0n) is 10.8. The van der Waals surface area contributed by atoms with E-state index >= 15 is 0 Å². The van der Waals surface area contributed by atoms with Gasteiger partial charge in [-0.3, -0.25) is 0 Å². The Kier molecular flexibility index (Phi) is 4.09. The van der Waals surface area contributed by atoms with Crippen molar-refractivity contribution in [1.29, 1.82) is 0 Å². The SMILES string of the molecule is CCOc1ccccc1OCC(O)(CN)C1CC1. The van der Waals surface area contributed by atoms with Crippen LogP contribution in [0, 0.1) is 5.92 Å². The molecular formula is C14H21NO3. The molecule has 0 aromatic heterocycles. The Morgan fingerprint density at radius 3 is 2.39 bits per heavy atom. The second kappa shape index (κ2) is 5.59. The van der Waals surface area contributed by atoms with Crippen LogP contribution in [0.15, 0.2) is 24.3 Å². The van der Waals surface area contributed by atoms with E-state index in [-0.39, 0.29) is 19.1 Å². The molecule has 1 aliphatic rings. The highest BCUT2D eigenvalue weighted by Crippen LogP contribution is 2.40. The van der Waals surface area contributed by atoms with Crippen molar-refractivity contribution in [2.24, 2.45) is 11.7 Å². The molecule has 100 valence electrons. The number of aliphatic hydroxyl groups is 1. The maximum Gasteiger partial charge on any atom is 0.161 e. The molecular weight excluding hydrogens is 230 g/mol. The molecule has 2 rings (SSSR count). The third kappa shape index (κ3) is 2.94. The van der Waals surface area contributed by atoms with Crippen LogP contribution in [0.3, 0.4) is 0 Å². The molecule has 1 atom stereocenters. The van der Waals surface area contributed by atoms with Crippen molar-refractivity contribution >= 4 is 0 Å². The van der Waals surface area contributed by atoms with E-state index in [1.165, 1.54) is 0 Å². The van der Waals surface area contributed by atoms with E-state index in [0.29, 0.717) is 18.1 Å². The molecule has 1 aromatic carbocycles. The second-order valence-electron chi connectivity index (χ2n) is 4.75. The van der Waals surface area contributed by atoms with E-state index in [0.717, 1.165) is 12.8 Å². The van der Waals surface area contributed by atoms with Crippen LogP contribution in [0.1, 0.15) is 19.8 Å². The quantitative estimate of drug-likeness (QED) is 0.772. The predicted molar refractivity (Wildman–Crippen MR) is 69.8 cm³/mol. The second-order valence-corrected chi connectivity index (χ2v) is 4.75. The van der Waals surface area contributed by atoms with Gasteiger partial charge in [-0.25, -0.2) is 0 Å². The minimum Gasteiger partial charge on any atom is -0.490 e. The van der Waals surface area contributed by atoms with Crippen molar-refractivity contribution in [3.05, 3.63) is 24.3 Å². The van der Waals surface area contributed by atoms with Crippen LogP contribution < -0.4 is 15.2 Å². The van der Waals surface area contributed by atoms with Crippen molar-refractivity contribution in [1.82, 2.24) is 0 Å². The Bertz CT molecular complexity index is 392. The molecule has 1 aromatic rings. The van der Waals surface area contributed by atoms with Gasteiger partial charge in [0.15, 0.2) is 11.5 Å². The Morgan fingerprint density at radius 1 is 1.28 bits per heavy atom. The van der Waals surface area contributed by atoms with Crippen molar-refractivity contribution in [2.45, 2.75) is 25.4 Å². The van der Waals surface area contributed by atoms with Gasteiger partial charge in [-0.15, -0.1) is 0 Å². The molecule has 1 saturated carbocycles. The summed E-state index contributed by atoms with van der Waals surface area (Å²) in [6.45, 7) is 2.97. The molecule has 0 amide bonds. The van der Waals surface area contributed by atoms with Gasteiger partial charge < -0.3 is 20.3 Å². The molecule has 1 aliphatic carbocycles. The number of rotatable bonds is 7. The molecule has 1 unspecified atom stereocenters. The third-order valence-electron chi connectivity index (χ3n) is 3.32. The first-order valence-electron chi connectivity index (χ1n) is 6.46. The molecule has 18 heavy (non-hydrogen) atoms. The number of para-hydroxylation sites is 2. The van der Waals surface area contributed by atoms with Crippen LogP contribution in [0.5, 0.6) is 11.5 Å². The van der Waals surface area contributed by atoms with Gasteiger partial charge in [-0.05, 0) is 37.8 Å². The number of benzene rings is 1. The smallest absolute Gasteiger partial charge is 0.161 e. The lowest BCUT2D eigenvalue weighted by Crippen LogP contribution is -2.45. The summed E-state index contributed by atoms with van der Waals surface area (Å²) in [5.41, 5.74) is 4.74. The van der Waals surface area contributed by atoms with Crippen LogP contribution in [0.4, 0.5) is 0 Å². The van der Waals surface area contributed by atoms with E-state index < -0.39 is 5.60 Å². The highest BCUT2D eigenvalue weighted by Gasteiger charge is 2.43. The number of nitrogens with two attached hydrogens (primary N) is 1. The normalized spacial score (nSPS) is 18.2. The monoisotopic (exact) mass is 251 g/mol. The predicted octanol–water partition coefficient (Wildman–Crippen LogP) is 1.56. The Hall–Kier alpha value is -1.26. The zero-order chi connectivity index (χ0) is 13.0. The molecule has 0 saturated heterocycles. The Balaban J connectivity index is 2.00. The number of hydrogen-bond acceptors (Lipinski definition) is 4.